The van der Waals surface area contributed by atoms with Crippen LogP contribution in [-0.2, 0) is 6.42 Å². The van der Waals surface area contributed by atoms with Crippen molar-refractivity contribution in [3.05, 3.63) is 47.0 Å². The van der Waals surface area contributed by atoms with E-state index in [9.17, 15) is 4.39 Å². The second kappa shape index (κ2) is 9.16. The Morgan fingerprint density at radius 2 is 1.75 bits per heavy atom. The first-order valence-electron chi connectivity index (χ1n) is 8.79. The molecule has 2 saturated carbocycles. The molecular weight excluding hydrogens is 325 g/mol. The third kappa shape index (κ3) is 6.60. The van der Waals surface area contributed by atoms with Gasteiger partial charge in [-0.25, -0.2) is 4.39 Å². The van der Waals surface area contributed by atoms with Crippen LogP contribution in [0.25, 0.3) is 0 Å². The van der Waals surface area contributed by atoms with Crippen molar-refractivity contribution in [2.24, 2.45) is 0 Å². The summed E-state index contributed by atoms with van der Waals surface area (Å²) in [6.07, 6.45) is 7.62. The number of hydrogen-bond acceptors (Lipinski definition) is 2. The monoisotopic (exact) mass is 351 g/mol. The van der Waals surface area contributed by atoms with Crippen molar-refractivity contribution in [3.63, 3.8) is 0 Å². The topological polar surface area (TPSA) is 30.7 Å². The van der Waals surface area contributed by atoms with E-state index in [1.165, 1.54) is 50.9 Å². The number of aryl methyl sites for hydroxylation is 1. The maximum absolute atomic E-state index is 11.0. The molecular formula is C19H27ClFN3. The molecule has 0 N–H and O–H groups in total. The van der Waals surface area contributed by atoms with Gasteiger partial charge in [0.2, 0.25) is 0 Å². The number of nitrogens with zero attached hydrogens (tertiary/aromatic N) is 3. The number of rotatable bonds is 3. The lowest BCUT2D eigenvalue weighted by atomic mass is 10.2. The minimum Gasteiger partial charge on any atom is -0.314 e. The maximum Gasteiger partial charge on any atom is 0.136 e. The quantitative estimate of drug-likeness (QED) is 0.704. The summed E-state index contributed by atoms with van der Waals surface area (Å²) >= 11 is 5.67. The van der Waals surface area contributed by atoms with Crippen LogP contribution in [0.2, 0.25) is 5.02 Å². The molecule has 2 aliphatic carbocycles. The summed E-state index contributed by atoms with van der Waals surface area (Å²) in [5.74, 6) is 1.99. The summed E-state index contributed by atoms with van der Waals surface area (Å²) < 4.78 is 13.3. The van der Waals surface area contributed by atoms with Gasteiger partial charge >= 0.3 is 0 Å². The highest BCUT2D eigenvalue weighted by molar-refractivity contribution is 6.30. The molecule has 4 rings (SSSR count). The Morgan fingerprint density at radius 3 is 2.21 bits per heavy atom. The third-order valence-corrected chi connectivity index (χ3v) is 4.06. The number of aromatic nitrogens is 3. The molecule has 0 radical (unpaired) electrons. The molecule has 0 bridgehead atoms. The van der Waals surface area contributed by atoms with Crippen LogP contribution in [0, 0.1) is 0 Å². The van der Waals surface area contributed by atoms with Gasteiger partial charge in [-0.05, 0) is 63.6 Å². The van der Waals surface area contributed by atoms with Crippen LogP contribution in [0.1, 0.15) is 69.8 Å². The van der Waals surface area contributed by atoms with Gasteiger partial charge in [-0.2, -0.15) is 0 Å². The summed E-state index contributed by atoms with van der Waals surface area (Å²) in [5, 5.41) is 8.92. The van der Waals surface area contributed by atoms with E-state index >= 15 is 0 Å². The predicted molar refractivity (Wildman–Crippen MR) is 97.3 cm³/mol. The summed E-state index contributed by atoms with van der Waals surface area (Å²) in [4.78, 5) is 0. The Hall–Kier alpha value is -1.42. The van der Waals surface area contributed by atoms with Gasteiger partial charge < -0.3 is 4.57 Å². The van der Waals surface area contributed by atoms with Crippen molar-refractivity contribution in [2.45, 2.75) is 71.0 Å². The van der Waals surface area contributed by atoms with Gasteiger partial charge in [0.1, 0.15) is 12.2 Å². The lowest BCUT2D eigenvalue weighted by molar-refractivity contribution is 0.391. The fourth-order valence-electron chi connectivity index (χ4n) is 2.24. The molecule has 3 nitrogen and oxygen atoms in total. The summed E-state index contributed by atoms with van der Waals surface area (Å²) in [7, 11) is 0. The SMILES string of the molecule is CC(C)F.CCc1ccc(Cl)cc1.c1nnc(C2CC2)n1C1CC1. The zero-order valence-corrected chi connectivity index (χ0v) is 15.5. The van der Waals surface area contributed by atoms with E-state index in [1.54, 1.807) is 0 Å². The van der Waals surface area contributed by atoms with E-state index in [4.69, 9.17) is 11.6 Å². The lowest BCUT2D eigenvalue weighted by Crippen LogP contribution is -1.98. The van der Waals surface area contributed by atoms with Crippen LogP contribution >= 0.6 is 11.6 Å². The first-order valence-corrected chi connectivity index (χ1v) is 9.17. The normalized spacial score (nSPS) is 16.1. The Morgan fingerprint density at radius 1 is 1.17 bits per heavy atom. The Bertz CT molecular complexity index is 572. The van der Waals surface area contributed by atoms with E-state index < -0.39 is 6.17 Å². The van der Waals surface area contributed by atoms with Gasteiger partial charge in [-0.3, -0.25) is 0 Å². The number of hydrogen-bond donors (Lipinski definition) is 0. The van der Waals surface area contributed by atoms with Crippen LogP contribution in [0.5, 0.6) is 0 Å². The highest BCUT2D eigenvalue weighted by atomic mass is 35.5. The van der Waals surface area contributed by atoms with Crippen molar-refractivity contribution >= 4 is 11.6 Å². The maximum atomic E-state index is 11.0. The minimum absolute atomic E-state index is 0.667. The molecule has 0 unspecified atom stereocenters. The number of halogens is 2. The fourth-order valence-corrected chi connectivity index (χ4v) is 2.37. The van der Waals surface area contributed by atoms with Gasteiger partial charge in [0.25, 0.3) is 0 Å². The van der Waals surface area contributed by atoms with Gasteiger partial charge in [0, 0.05) is 17.0 Å². The van der Waals surface area contributed by atoms with Crippen molar-refractivity contribution in [2.75, 3.05) is 0 Å². The van der Waals surface area contributed by atoms with Crippen LogP contribution in [-0.4, -0.2) is 20.9 Å². The second-order valence-electron chi connectivity index (χ2n) is 6.60. The number of benzene rings is 1. The highest BCUT2D eigenvalue weighted by Crippen LogP contribution is 2.43. The van der Waals surface area contributed by atoms with Crippen LogP contribution in [0.15, 0.2) is 30.6 Å². The van der Waals surface area contributed by atoms with Crippen molar-refractivity contribution in [1.29, 1.82) is 0 Å². The van der Waals surface area contributed by atoms with E-state index in [0.717, 1.165) is 23.4 Å². The molecule has 1 heterocycles. The molecule has 24 heavy (non-hydrogen) atoms. The van der Waals surface area contributed by atoms with Gasteiger partial charge in [0.05, 0.1) is 6.17 Å². The minimum atomic E-state index is -0.667. The Labute approximate surface area is 149 Å². The highest BCUT2D eigenvalue weighted by Gasteiger charge is 2.33. The number of alkyl halides is 1. The van der Waals surface area contributed by atoms with Crippen LogP contribution in [0.4, 0.5) is 4.39 Å². The zero-order valence-electron chi connectivity index (χ0n) is 14.8. The Balaban J connectivity index is 0.000000146. The fraction of sp³-hybridized carbons (Fsp3) is 0.579. The zero-order chi connectivity index (χ0) is 17.5. The molecule has 2 aromatic rings. The van der Waals surface area contributed by atoms with Crippen LogP contribution < -0.4 is 0 Å². The first kappa shape index (κ1) is 18.9. The summed E-state index contributed by atoms with van der Waals surface area (Å²) in [6, 6.07) is 8.67. The molecule has 0 amide bonds. The molecule has 5 heteroatoms. The standard InChI is InChI=1S/C8H9Cl.C8H11N3.C3H7F/c1-2-7-3-5-8(9)6-4-7;1-2-6(1)8-10-9-5-11(8)7-3-4-7;1-3(2)4/h3-6H,2H2,1H3;5-7H,1-4H2;3H,1-2H3. The largest absolute Gasteiger partial charge is 0.314 e. The van der Waals surface area contributed by atoms with E-state index in [1.807, 2.05) is 30.6 Å². The first-order chi connectivity index (χ1) is 11.5. The molecule has 2 aliphatic rings. The van der Waals surface area contributed by atoms with Crippen LogP contribution in [0.3, 0.4) is 0 Å². The molecule has 0 aliphatic heterocycles. The van der Waals surface area contributed by atoms with Crippen molar-refractivity contribution < 1.29 is 4.39 Å². The smallest absolute Gasteiger partial charge is 0.136 e. The summed E-state index contributed by atoms with van der Waals surface area (Å²) in [6.45, 7) is 5.13. The predicted octanol–water partition coefficient (Wildman–Crippen LogP) is 5.76. The van der Waals surface area contributed by atoms with Crippen molar-refractivity contribution in [3.8, 4) is 0 Å². The third-order valence-electron chi connectivity index (χ3n) is 3.81. The van der Waals surface area contributed by atoms with E-state index in [0.29, 0.717) is 0 Å². The molecule has 0 saturated heterocycles. The molecule has 1 aromatic heterocycles. The molecule has 0 spiro atoms. The average molecular weight is 352 g/mol. The molecule has 132 valence electrons. The van der Waals surface area contributed by atoms with Gasteiger partial charge in [0.15, 0.2) is 0 Å². The second-order valence-corrected chi connectivity index (χ2v) is 7.03. The lowest BCUT2D eigenvalue weighted by Gasteiger charge is -2.00. The average Bonchev–Trinajstić information content (AvgIpc) is 3.48. The Kier molecular flexibility index (Phi) is 7.22. The van der Waals surface area contributed by atoms with E-state index in [2.05, 4.69) is 21.7 Å². The summed E-state index contributed by atoms with van der Waals surface area (Å²) in [5.41, 5.74) is 1.33. The molecule has 0 atom stereocenters. The van der Waals surface area contributed by atoms with Gasteiger partial charge in [-0.1, -0.05) is 30.7 Å². The molecule has 2 fully saturated rings. The van der Waals surface area contributed by atoms with Crippen molar-refractivity contribution in [1.82, 2.24) is 14.8 Å². The molecule has 1 aromatic carbocycles. The van der Waals surface area contributed by atoms with E-state index in [-0.39, 0.29) is 0 Å². The van der Waals surface area contributed by atoms with Gasteiger partial charge in [-0.15, -0.1) is 10.2 Å².